The van der Waals surface area contributed by atoms with Crippen molar-refractivity contribution < 1.29 is 28.9 Å². The number of aliphatic hydroxyl groups is 1. The minimum absolute atomic E-state index is 0.0972. The number of nitrogens with zero attached hydrogens (tertiary/aromatic N) is 4. The zero-order valence-corrected chi connectivity index (χ0v) is 24.2. The van der Waals surface area contributed by atoms with Gasteiger partial charge in [-0.2, -0.15) is 5.10 Å². The zero-order chi connectivity index (χ0) is 29.5. The lowest BCUT2D eigenvalue weighted by molar-refractivity contribution is -0.125. The normalized spacial score (nSPS) is 20.0. The summed E-state index contributed by atoms with van der Waals surface area (Å²) in [6.07, 6.45) is 2.83. The Hall–Kier alpha value is -3.93. The van der Waals surface area contributed by atoms with Gasteiger partial charge in [0.05, 0.1) is 38.1 Å². The fourth-order valence-corrected chi connectivity index (χ4v) is 5.41. The van der Waals surface area contributed by atoms with Gasteiger partial charge in [0.2, 0.25) is 5.91 Å². The van der Waals surface area contributed by atoms with Gasteiger partial charge < -0.3 is 29.5 Å². The van der Waals surface area contributed by atoms with E-state index in [0.717, 1.165) is 30.8 Å². The Bertz CT molecular complexity index is 1380. The molecule has 224 valence electrons. The number of methoxy groups -OCH3 is 1. The summed E-state index contributed by atoms with van der Waals surface area (Å²) in [5.41, 5.74) is 2.27. The largest absolute Gasteiger partial charge is 0.493 e. The third-order valence-electron chi connectivity index (χ3n) is 7.59. The van der Waals surface area contributed by atoms with Crippen LogP contribution < -0.4 is 14.8 Å². The Balaban J connectivity index is 1.42. The van der Waals surface area contributed by atoms with Crippen LogP contribution in [0, 0.1) is 0 Å². The van der Waals surface area contributed by atoms with Gasteiger partial charge in [0, 0.05) is 51.1 Å². The van der Waals surface area contributed by atoms with E-state index >= 15 is 0 Å². The van der Waals surface area contributed by atoms with Crippen LogP contribution in [0.1, 0.15) is 41.4 Å². The molecule has 42 heavy (non-hydrogen) atoms. The molecule has 1 fully saturated rings. The number of carbonyl (C=O) groups excluding carboxylic acids is 2. The molecule has 11 heteroatoms. The first kappa shape index (κ1) is 29.6. The molecular weight excluding hydrogens is 538 g/mol. The zero-order valence-electron chi connectivity index (χ0n) is 24.2. The van der Waals surface area contributed by atoms with Gasteiger partial charge in [-0.05, 0) is 61.7 Å². The van der Waals surface area contributed by atoms with E-state index in [1.165, 1.54) is 12.0 Å². The fourth-order valence-electron chi connectivity index (χ4n) is 5.41. The maximum Gasteiger partial charge on any atom is 0.254 e. The third-order valence-corrected chi connectivity index (χ3v) is 7.59. The number of piperidine rings is 1. The lowest BCUT2D eigenvalue weighted by Crippen LogP contribution is -2.57. The number of aromatic nitrogens is 2. The number of likely N-dealkylation sites (tertiary alicyclic amines) is 1. The van der Waals surface area contributed by atoms with Crippen LogP contribution in [0.15, 0.2) is 54.7 Å². The first-order chi connectivity index (χ1) is 20.4. The van der Waals surface area contributed by atoms with Crippen LogP contribution in [-0.4, -0.2) is 88.5 Å². The number of fused-ring (bicyclic) bond motifs is 5. The molecule has 1 aromatic heterocycles. The Morgan fingerprint density at radius 2 is 2.05 bits per heavy atom. The van der Waals surface area contributed by atoms with Crippen molar-refractivity contribution in [1.82, 2.24) is 24.9 Å². The van der Waals surface area contributed by atoms with E-state index in [2.05, 4.69) is 22.2 Å². The van der Waals surface area contributed by atoms with Crippen molar-refractivity contribution >= 4 is 11.8 Å². The highest BCUT2D eigenvalue weighted by molar-refractivity contribution is 5.97. The number of carbonyl (C=O) groups is 2. The van der Waals surface area contributed by atoms with E-state index in [0.29, 0.717) is 48.9 Å². The average molecular weight is 578 g/mol. The number of nitrogens with one attached hydrogen (secondary N) is 1. The summed E-state index contributed by atoms with van der Waals surface area (Å²) in [5, 5.41) is 17.3. The summed E-state index contributed by atoms with van der Waals surface area (Å²) < 4.78 is 20.0. The third kappa shape index (κ3) is 7.28. The standard InChI is InChI=1S/C31H39N5O6/c1-3-36-14-10-24(33-36)18-34-13-11-27-26(19-34)32-30(38)20-35(12-5-15-37)31(39)23-8-9-28(40-2)29(17-23)42-25-7-4-6-22(16-25)21-41-27/h4,6-10,14,16-17,26-27,37H,3,5,11-13,15,18-21H2,1-2H3,(H,32,38)/t26-,27-/m0/s1. The second kappa shape index (κ2) is 13.8. The van der Waals surface area contributed by atoms with Crippen molar-refractivity contribution in [3.05, 3.63) is 71.5 Å². The first-order valence-corrected chi connectivity index (χ1v) is 14.5. The molecule has 2 N–H and O–H groups in total. The van der Waals surface area contributed by atoms with Crippen LogP contribution in [-0.2, 0) is 29.2 Å². The number of amides is 2. The Morgan fingerprint density at radius 3 is 2.83 bits per heavy atom. The molecule has 2 aromatic carbocycles. The lowest BCUT2D eigenvalue weighted by atomic mass is 10.0. The fraction of sp³-hybridized carbons (Fsp3) is 0.452. The second-order valence-electron chi connectivity index (χ2n) is 10.6. The Kier molecular flexibility index (Phi) is 9.73. The predicted octanol–water partition coefficient (Wildman–Crippen LogP) is 2.82. The minimum Gasteiger partial charge on any atom is -0.493 e. The van der Waals surface area contributed by atoms with Crippen molar-refractivity contribution in [2.75, 3.05) is 39.9 Å². The molecule has 0 unspecified atom stereocenters. The summed E-state index contributed by atoms with van der Waals surface area (Å²) in [6, 6.07) is 14.3. The van der Waals surface area contributed by atoms with Gasteiger partial charge >= 0.3 is 0 Å². The minimum atomic E-state index is -0.337. The summed E-state index contributed by atoms with van der Waals surface area (Å²) >= 11 is 0. The van der Waals surface area contributed by atoms with Crippen LogP contribution >= 0.6 is 0 Å². The summed E-state index contributed by atoms with van der Waals surface area (Å²) in [4.78, 5) is 30.8. The number of aliphatic hydroxyl groups excluding tert-OH is 1. The molecule has 2 amide bonds. The van der Waals surface area contributed by atoms with Gasteiger partial charge in [0.1, 0.15) is 5.75 Å². The quantitative estimate of drug-likeness (QED) is 0.440. The van der Waals surface area contributed by atoms with Crippen molar-refractivity contribution in [2.45, 2.75) is 51.6 Å². The van der Waals surface area contributed by atoms with Gasteiger partial charge in [0.15, 0.2) is 11.5 Å². The van der Waals surface area contributed by atoms with Crippen molar-refractivity contribution in [3.8, 4) is 17.2 Å². The van der Waals surface area contributed by atoms with Crippen LogP contribution in [0.4, 0.5) is 0 Å². The Morgan fingerprint density at radius 1 is 1.17 bits per heavy atom. The number of hydrogen-bond donors (Lipinski definition) is 2. The van der Waals surface area contributed by atoms with E-state index in [4.69, 9.17) is 14.2 Å². The van der Waals surface area contributed by atoms with Crippen LogP contribution in [0.3, 0.4) is 0 Å². The van der Waals surface area contributed by atoms with E-state index in [1.807, 2.05) is 41.2 Å². The van der Waals surface area contributed by atoms with Crippen LogP contribution in [0.25, 0.3) is 0 Å². The first-order valence-electron chi connectivity index (χ1n) is 14.5. The highest BCUT2D eigenvalue weighted by Gasteiger charge is 2.32. The van der Waals surface area contributed by atoms with Gasteiger partial charge in [-0.25, -0.2) is 0 Å². The van der Waals surface area contributed by atoms with Crippen molar-refractivity contribution in [1.29, 1.82) is 0 Å². The molecular formula is C31H39N5O6. The number of benzene rings is 2. The summed E-state index contributed by atoms with van der Waals surface area (Å²) in [7, 11) is 1.54. The molecule has 2 aliphatic heterocycles. The maximum absolute atomic E-state index is 13.6. The van der Waals surface area contributed by atoms with Crippen molar-refractivity contribution in [2.24, 2.45) is 0 Å². The topological polar surface area (TPSA) is 118 Å². The van der Waals surface area contributed by atoms with Gasteiger partial charge in [-0.1, -0.05) is 12.1 Å². The second-order valence-corrected chi connectivity index (χ2v) is 10.6. The van der Waals surface area contributed by atoms with E-state index in [-0.39, 0.29) is 43.7 Å². The molecule has 1 saturated heterocycles. The maximum atomic E-state index is 13.6. The van der Waals surface area contributed by atoms with E-state index in [9.17, 15) is 14.7 Å². The van der Waals surface area contributed by atoms with Gasteiger partial charge in [0.25, 0.3) is 5.91 Å². The summed E-state index contributed by atoms with van der Waals surface area (Å²) in [5.74, 6) is 0.836. The molecule has 2 aliphatic rings. The van der Waals surface area contributed by atoms with Gasteiger partial charge in [-0.3, -0.25) is 19.2 Å². The van der Waals surface area contributed by atoms with Gasteiger partial charge in [-0.15, -0.1) is 0 Å². The molecule has 5 rings (SSSR count). The molecule has 3 heterocycles. The average Bonchev–Trinajstić information content (AvgIpc) is 3.45. The highest BCUT2D eigenvalue weighted by Crippen LogP contribution is 2.33. The lowest BCUT2D eigenvalue weighted by Gasteiger charge is -2.39. The van der Waals surface area contributed by atoms with E-state index in [1.54, 1.807) is 18.2 Å². The summed E-state index contributed by atoms with van der Waals surface area (Å²) in [6.45, 7) is 5.26. The highest BCUT2D eigenvalue weighted by atomic mass is 16.5. The number of hydrogen-bond acceptors (Lipinski definition) is 8. The number of aryl methyl sites for hydroxylation is 1. The predicted molar refractivity (Wildman–Crippen MR) is 155 cm³/mol. The number of ether oxygens (including phenoxy) is 3. The smallest absolute Gasteiger partial charge is 0.254 e. The monoisotopic (exact) mass is 577 g/mol. The molecule has 3 aromatic rings. The van der Waals surface area contributed by atoms with E-state index < -0.39 is 0 Å². The SMILES string of the molecule is CCn1ccc(CN2CC[C@@H]3OCc4cccc(c4)Oc4cc(ccc4OC)C(=O)N(CCCO)CC(=O)N[C@H]3C2)n1. The molecule has 2 atom stereocenters. The van der Waals surface area contributed by atoms with Crippen molar-refractivity contribution in [3.63, 3.8) is 0 Å². The molecule has 0 aliphatic carbocycles. The molecule has 0 saturated carbocycles. The Labute approximate surface area is 246 Å². The number of rotatable bonds is 7. The molecule has 0 radical (unpaired) electrons. The van der Waals surface area contributed by atoms with Crippen LogP contribution in [0.5, 0.6) is 17.2 Å². The van der Waals surface area contributed by atoms with Crippen LogP contribution in [0.2, 0.25) is 0 Å². The molecule has 0 spiro atoms. The molecule has 4 bridgehead atoms. The molecule has 11 nitrogen and oxygen atoms in total.